The number of halogens is 2. The predicted molar refractivity (Wildman–Crippen MR) is 87.8 cm³/mol. The predicted octanol–water partition coefficient (Wildman–Crippen LogP) is 5.25. The molecule has 0 radical (unpaired) electrons. The van der Waals surface area contributed by atoms with E-state index in [0.717, 1.165) is 18.5 Å². The first-order valence-electron chi connectivity index (χ1n) is 6.93. The summed E-state index contributed by atoms with van der Waals surface area (Å²) in [5.41, 5.74) is 3.46. The van der Waals surface area contributed by atoms with Crippen molar-refractivity contribution in [3.8, 4) is 0 Å². The minimum Gasteiger partial charge on any atom is -0.306 e. The van der Waals surface area contributed by atoms with Crippen molar-refractivity contribution in [2.45, 2.75) is 26.3 Å². The maximum Gasteiger partial charge on any atom is 0.0606 e. The highest BCUT2D eigenvalue weighted by Gasteiger charge is 2.19. The smallest absolute Gasteiger partial charge is 0.0606 e. The van der Waals surface area contributed by atoms with Gasteiger partial charge in [-0.25, -0.2) is 0 Å². The maximum absolute atomic E-state index is 6.36. The van der Waals surface area contributed by atoms with Gasteiger partial charge in [-0.15, -0.1) is 0 Å². The van der Waals surface area contributed by atoms with E-state index in [1.165, 1.54) is 11.1 Å². The van der Waals surface area contributed by atoms with Crippen molar-refractivity contribution in [2.75, 3.05) is 6.54 Å². The third-order valence-corrected chi connectivity index (χ3v) is 4.05. The summed E-state index contributed by atoms with van der Waals surface area (Å²) in [6.07, 6.45) is 1.02. The van der Waals surface area contributed by atoms with Crippen LogP contribution in [-0.4, -0.2) is 6.54 Å². The molecule has 0 saturated carbocycles. The average molecular weight is 308 g/mol. The van der Waals surface area contributed by atoms with E-state index in [-0.39, 0.29) is 6.04 Å². The zero-order chi connectivity index (χ0) is 14.5. The summed E-state index contributed by atoms with van der Waals surface area (Å²) >= 11 is 12.7. The van der Waals surface area contributed by atoms with Crippen molar-refractivity contribution in [3.05, 3.63) is 69.2 Å². The molecule has 0 bridgehead atoms. The summed E-state index contributed by atoms with van der Waals surface area (Å²) in [6.45, 7) is 5.09. The van der Waals surface area contributed by atoms with Crippen LogP contribution in [0.2, 0.25) is 10.0 Å². The lowest BCUT2D eigenvalue weighted by Gasteiger charge is -2.22. The zero-order valence-corrected chi connectivity index (χ0v) is 13.3. The van der Waals surface area contributed by atoms with Crippen LogP contribution in [0.1, 0.15) is 36.6 Å². The Labute approximate surface area is 130 Å². The highest BCUT2D eigenvalue weighted by atomic mass is 35.5. The molecule has 2 rings (SSSR count). The monoisotopic (exact) mass is 307 g/mol. The second kappa shape index (κ2) is 7.12. The fourth-order valence-electron chi connectivity index (χ4n) is 2.37. The number of aryl methyl sites for hydroxylation is 1. The molecule has 0 aromatic heterocycles. The first-order chi connectivity index (χ1) is 9.67. The normalized spacial score (nSPS) is 12.4. The highest BCUT2D eigenvalue weighted by Crippen LogP contribution is 2.34. The first-order valence-corrected chi connectivity index (χ1v) is 7.69. The molecule has 106 valence electrons. The maximum atomic E-state index is 6.36. The third-order valence-electron chi connectivity index (χ3n) is 3.39. The van der Waals surface area contributed by atoms with E-state index in [4.69, 9.17) is 23.2 Å². The Morgan fingerprint density at radius 2 is 1.65 bits per heavy atom. The van der Waals surface area contributed by atoms with Crippen molar-refractivity contribution in [1.29, 1.82) is 0 Å². The van der Waals surface area contributed by atoms with E-state index in [1.807, 2.05) is 18.2 Å². The van der Waals surface area contributed by atoms with E-state index >= 15 is 0 Å². The fraction of sp³-hybridized carbons (Fsp3) is 0.294. The molecule has 1 unspecified atom stereocenters. The molecular formula is C17H19Cl2N. The van der Waals surface area contributed by atoms with Gasteiger partial charge in [0.05, 0.1) is 6.04 Å². The Balaban J connectivity index is 2.50. The lowest BCUT2D eigenvalue weighted by atomic mass is 9.96. The van der Waals surface area contributed by atoms with Crippen LogP contribution < -0.4 is 5.32 Å². The van der Waals surface area contributed by atoms with Gasteiger partial charge in [0.2, 0.25) is 0 Å². The Morgan fingerprint density at radius 3 is 2.25 bits per heavy atom. The molecule has 0 saturated heterocycles. The van der Waals surface area contributed by atoms with E-state index in [9.17, 15) is 0 Å². The summed E-state index contributed by atoms with van der Waals surface area (Å²) in [5.74, 6) is 0. The number of hydrogen-bond acceptors (Lipinski definition) is 1. The Hall–Kier alpha value is -1.02. The molecule has 1 N–H and O–H groups in total. The van der Waals surface area contributed by atoms with Gasteiger partial charge in [-0.1, -0.05) is 67.4 Å². The van der Waals surface area contributed by atoms with Gasteiger partial charge in [0.25, 0.3) is 0 Å². The molecule has 0 spiro atoms. The minimum absolute atomic E-state index is 0.0210. The molecule has 0 aliphatic heterocycles. The van der Waals surface area contributed by atoms with Gasteiger partial charge < -0.3 is 5.32 Å². The number of hydrogen-bond donors (Lipinski definition) is 1. The Bertz CT molecular complexity index is 561. The standard InChI is InChI=1S/C17H19Cl2N/c1-3-12-7-5-8-13(11-12)17(20-4-2)16-14(18)9-6-10-15(16)19/h5-11,17,20H,3-4H2,1-2H3. The SMILES string of the molecule is CCNC(c1cccc(CC)c1)c1c(Cl)cccc1Cl. The zero-order valence-electron chi connectivity index (χ0n) is 11.8. The second-order valence-electron chi connectivity index (χ2n) is 4.72. The van der Waals surface area contributed by atoms with E-state index in [1.54, 1.807) is 0 Å². The second-order valence-corrected chi connectivity index (χ2v) is 5.54. The molecular weight excluding hydrogens is 289 g/mol. The number of rotatable bonds is 5. The fourth-order valence-corrected chi connectivity index (χ4v) is 2.99. The van der Waals surface area contributed by atoms with Crippen LogP contribution >= 0.6 is 23.2 Å². The molecule has 0 heterocycles. The topological polar surface area (TPSA) is 12.0 Å². The average Bonchev–Trinajstić information content (AvgIpc) is 2.46. The van der Waals surface area contributed by atoms with Gasteiger partial charge in [-0.05, 0) is 36.2 Å². The quantitative estimate of drug-likeness (QED) is 0.795. The van der Waals surface area contributed by atoms with Crippen LogP contribution in [0, 0.1) is 0 Å². The highest BCUT2D eigenvalue weighted by molar-refractivity contribution is 6.36. The molecule has 0 fully saturated rings. The van der Waals surface area contributed by atoms with Crippen LogP contribution in [0.15, 0.2) is 42.5 Å². The van der Waals surface area contributed by atoms with E-state index in [0.29, 0.717) is 10.0 Å². The van der Waals surface area contributed by atoms with Gasteiger partial charge >= 0.3 is 0 Å². The Kier molecular flexibility index (Phi) is 5.47. The largest absolute Gasteiger partial charge is 0.306 e. The molecule has 1 nitrogen and oxygen atoms in total. The van der Waals surface area contributed by atoms with Gasteiger partial charge in [0.15, 0.2) is 0 Å². The van der Waals surface area contributed by atoms with Crippen molar-refractivity contribution < 1.29 is 0 Å². The van der Waals surface area contributed by atoms with E-state index < -0.39 is 0 Å². The van der Waals surface area contributed by atoms with Gasteiger partial charge in [0.1, 0.15) is 0 Å². The van der Waals surface area contributed by atoms with Crippen molar-refractivity contribution in [1.82, 2.24) is 5.32 Å². The molecule has 20 heavy (non-hydrogen) atoms. The van der Waals surface area contributed by atoms with Gasteiger partial charge in [0, 0.05) is 15.6 Å². The van der Waals surface area contributed by atoms with Crippen LogP contribution in [-0.2, 0) is 6.42 Å². The van der Waals surface area contributed by atoms with Crippen molar-refractivity contribution in [3.63, 3.8) is 0 Å². The molecule has 3 heteroatoms. The lowest BCUT2D eigenvalue weighted by molar-refractivity contribution is 0.630. The molecule has 0 aliphatic rings. The summed E-state index contributed by atoms with van der Waals surface area (Å²) in [7, 11) is 0. The molecule has 0 aliphatic carbocycles. The summed E-state index contributed by atoms with van der Waals surface area (Å²) < 4.78 is 0. The van der Waals surface area contributed by atoms with Gasteiger partial charge in [-0.3, -0.25) is 0 Å². The summed E-state index contributed by atoms with van der Waals surface area (Å²) in [4.78, 5) is 0. The minimum atomic E-state index is 0.0210. The van der Waals surface area contributed by atoms with Crippen molar-refractivity contribution in [2.24, 2.45) is 0 Å². The van der Waals surface area contributed by atoms with Crippen LogP contribution in [0.25, 0.3) is 0 Å². The number of benzene rings is 2. The molecule has 0 amide bonds. The third kappa shape index (κ3) is 3.35. The Morgan fingerprint density at radius 1 is 1.00 bits per heavy atom. The van der Waals surface area contributed by atoms with Crippen LogP contribution in [0.4, 0.5) is 0 Å². The molecule has 1 atom stereocenters. The van der Waals surface area contributed by atoms with Crippen molar-refractivity contribution >= 4 is 23.2 Å². The van der Waals surface area contributed by atoms with Crippen LogP contribution in [0.5, 0.6) is 0 Å². The lowest BCUT2D eigenvalue weighted by Crippen LogP contribution is -2.22. The molecule has 2 aromatic carbocycles. The van der Waals surface area contributed by atoms with Gasteiger partial charge in [-0.2, -0.15) is 0 Å². The number of nitrogens with one attached hydrogen (secondary N) is 1. The first kappa shape index (κ1) is 15.4. The van der Waals surface area contributed by atoms with Crippen LogP contribution in [0.3, 0.4) is 0 Å². The summed E-state index contributed by atoms with van der Waals surface area (Å²) in [6, 6.07) is 14.2. The molecule has 2 aromatic rings. The summed E-state index contributed by atoms with van der Waals surface area (Å²) in [5, 5.41) is 4.88. The van der Waals surface area contributed by atoms with E-state index in [2.05, 4.69) is 43.4 Å².